The number of aryl methyl sites for hydroxylation is 2. The number of para-hydroxylation sites is 1. The largest absolute Gasteiger partial charge is 0.350 e. The summed E-state index contributed by atoms with van der Waals surface area (Å²) in [5.41, 5.74) is 4.26. The second-order valence-electron chi connectivity index (χ2n) is 6.60. The van der Waals surface area contributed by atoms with Crippen LogP contribution < -0.4 is 0 Å². The van der Waals surface area contributed by atoms with Crippen LogP contribution in [0.25, 0.3) is 17.0 Å². The van der Waals surface area contributed by atoms with Gasteiger partial charge in [-0.2, -0.15) is 0 Å². The molecule has 0 atom stereocenters. The number of amides is 1. The van der Waals surface area contributed by atoms with Gasteiger partial charge in [0, 0.05) is 36.3 Å². The number of benzene rings is 2. The molecular weight excluding hydrogens is 354 g/mol. The van der Waals surface area contributed by atoms with E-state index in [9.17, 15) is 4.79 Å². The van der Waals surface area contributed by atoms with Crippen molar-refractivity contribution >= 4 is 45.5 Å². The smallest absolute Gasteiger partial charge is 0.266 e. The number of hydrogen-bond acceptors (Lipinski definition) is 3. The van der Waals surface area contributed by atoms with Crippen molar-refractivity contribution in [3.05, 3.63) is 70.8 Å². The number of hydrogen-bond donors (Lipinski definition) is 0. The summed E-state index contributed by atoms with van der Waals surface area (Å²) in [5.74, 6) is 0.0151. The summed E-state index contributed by atoms with van der Waals surface area (Å²) in [5, 5.41) is 1.88. The van der Waals surface area contributed by atoms with Crippen molar-refractivity contribution in [3.8, 4) is 0 Å². The maximum atomic E-state index is 12.9. The Morgan fingerprint density at radius 2 is 1.85 bits per heavy atom. The predicted molar refractivity (Wildman–Crippen MR) is 114 cm³/mol. The fourth-order valence-electron chi connectivity index (χ4n) is 3.23. The molecule has 3 aromatic rings. The van der Waals surface area contributed by atoms with Crippen molar-refractivity contribution < 1.29 is 4.79 Å². The van der Waals surface area contributed by atoms with Crippen LogP contribution in [-0.2, 0) is 11.8 Å². The number of aliphatic imine (C=N–C) groups is 1. The van der Waals surface area contributed by atoms with Gasteiger partial charge in [-0.25, -0.2) is 4.99 Å². The van der Waals surface area contributed by atoms with Crippen LogP contribution in [0.3, 0.4) is 0 Å². The first-order valence-corrected chi connectivity index (χ1v) is 9.79. The number of carbonyl (C=O) groups is 1. The van der Waals surface area contributed by atoms with Gasteiger partial charge < -0.3 is 4.57 Å². The summed E-state index contributed by atoms with van der Waals surface area (Å²) in [6, 6.07) is 16.2. The fourth-order valence-corrected chi connectivity index (χ4v) is 4.28. The lowest BCUT2D eigenvalue weighted by Crippen LogP contribution is -2.28. The third-order valence-corrected chi connectivity index (χ3v) is 5.68. The van der Waals surface area contributed by atoms with Gasteiger partial charge in [-0.1, -0.05) is 35.9 Å². The molecule has 5 heteroatoms. The van der Waals surface area contributed by atoms with Crippen molar-refractivity contribution in [2.45, 2.75) is 13.8 Å². The van der Waals surface area contributed by atoms with Crippen LogP contribution in [0.2, 0.25) is 0 Å². The maximum absolute atomic E-state index is 12.9. The van der Waals surface area contributed by atoms with Gasteiger partial charge in [0.1, 0.15) is 0 Å². The number of thioether (sulfide) groups is 1. The average Bonchev–Trinajstić information content (AvgIpc) is 3.14. The molecule has 0 unspecified atom stereocenters. The lowest BCUT2D eigenvalue weighted by molar-refractivity contribution is -0.122. The Balaban J connectivity index is 1.72. The third-order valence-electron chi connectivity index (χ3n) is 4.68. The van der Waals surface area contributed by atoms with Gasteiger partial charge in [0.2, 0.25) is 0 Å². The Labute approximate surface area is 163 Å². The highest BCUT2D eigenvalue weighted by molar-refractivity contribution is 8.18. The first-order valence-electron chi connectivity index (χ1n) is 8.97. The van der Waals surface area contributed by atoms with Crippen LogP contribution in [0, 0.1) is 6.92 Å². The zero-order valence-corrected chi connectivity index (χ0v) is 16.5. The topological polar surface area (TPSA) is 37.6 Å². The molecule has 1 aromatic heterocycles. The van der Waals surface area contributed by atoms with E-state index in [0.29, 0.717) is 11.4 Å². The van der Waals surface area contributed by atoms with Crippen molar-refractivity contribution in [3.63, 3.8) is 0 Å². The molecule has 0 saturated carbocycles. The van der Waals surface area contributed by atoms with Gasteiger partial charge in [0.25, 0.3) is 5.91 Å². The summed E-state index contributed by atoms with van der Waals surface area (Å²) in [6.07, 6.45) is 4.05. The van der Waals surface area contributed by atoms with E-state index in [1.165, 1.54) is 17.3 Å². The van der Waals surface area contributed by atoms with Crippen LogP contribution in [0.4, 0.5) is 5.69 Å². The first kappa shape index (κ1) is 17.6. The van der Waals surface area contributed by atoms with Crippen LogP contribution >= 0.6 is 11.8 Å². The molecule has 0 bridgehead atoms. The van der Waals surface area contributed by atoms with Crippen molar-refractivity contribution in [1.82, 2.24) is 9.47 Å². The zero-order chi connectivity index (χ0) is 19.0. The molecule has 2 heterocycles. The Morgan fingerprint density at radius 3 is 2.59 bits per heavy atom. The molecule has 1 fully saturated rings. The highest BCUT2D eigenvalue weighted by Gasteiger charge is 2.32. The molecule has 1 aliphatic heterocycles. The summed E-state index contributed by atoms with van der Waals surface area (Å²) in [7, 11) is 2.02. The van der Waals surface area contributed by atoms with Gasteiger partial charge in [0.15, 0.2) is 5.17 Å². The van der Waals surface area contributed by atoms with Crippen molar-refractivity contribution in [2.75, 3.05) is 6.54 Å². The maximum Gasteiger partial charge on any atom is 0.266 e. The highest BCUT2D eigenvalue weighted by atomic mass is 32.2. The van der Waals surface area contributed by atoms with Gasteiger partial charge in [0.05, 0.1) is 10.6 Å². The molecule has 27 heavy (non-hydrogen) atoms. The molecule has 2 aromatic carbocycles. The Kier molecular flexibility index (Phi) is 4.62. The van der Waals surface area contributed by atoms with Crippen LogP contribution in [0.1, 0.15) is 18.1 Å². The van der Waals surface area contributed by atoms with E-state index < -0.39 is 0 Å². The Hall–Kier alpha value is -2.79. The molecule has 136 valence electrons. The van der Waals surface area contributed by atoms with E-state index in [2.05, 4.69) is 22.9 Å². The summed E-state index contributed by atoms with van der Waals surface area (Å²) >= 11 is 1.44. The van der Waals surface area contributed by atoms with Crippen LogP contribution in [0.15, 0.2) is 64.6 Å². The molecule has 4 rings (SSSR count). The number of likely N-dealkylation sites (N-methyl/N-ethyl adjacent to an activating group) is 1. The minimum atomic E-state index is 0.0151. The van der Waals surface area contributed by atoms with Gasteiger partial charge in [-0.15, -0.1) is 0 Å². The Bertz CT molecular complexity index is 1080. The second-order valence-corrected chi connectivity index (χ2v) is 7.61. The SMILES string of the molecule is CCN1C(=O)/C(=C\c2cn(C)c3ccccc23)SC1=Nc1ccc(C)cc1. The fraction of sp³-hybridized carbons (Fsp3) is 0.182. The van der Waals surface area contributed by atoms with E-state index in [-0.39, 0.29) is 5.91 Å². The second kappa shape index (κ2) is 7.08. The molecule has 0 radical (unpaired) electrons. The monoisotopic (exact) mass is 375 g/mol. The van der Waals surface area contributed by atoms with E-state index in [1.807, 2.05) is 63.4 Å². The molecule has 1 amide bonds. The quantitative estimate of drug-likeness (QED) is 0.597. The molecule has 0 aliphatic carbocycles. The first-order chi connectivity index (χ1) is 13.1. The number of carbonyl (C=O) groups excluding carboxylic acids is 1. The van der Waals surface area contributed by atoms with Gasteiger partial charge in [-0.05, 0) is 49.9 Å². The molecule has 1 aliphatic rings. The van der Waals surface area contributed by atoms with Crippen LogP contribution in [-0.4, -0.2) is 27.1 Å². The third kappa shape index (κ3) is 3.30. The number of rotatable bonds is 3. The molecule has 0 spiro atoms. The normalized spacial score (nSPS) is 17.6. The van der Waals surface area contributed by atoms with E-state index in [1.54, 1.807) is 4.90 Å². The van der Waals surface area contributed by atoms with Crippen molar-refractivity contribution in [1.29, 1.82) is 0 Å². The lowest BCUT2D eigenvalue weighted by Gasteiger charge is -2.11. The van der Waals surface area contributed by atoms with Crippen LogP contribution in [0.5, 0.6) is 0 Å². The van der Waals surface area contributed by atoms with E-state index in [0.717, 1.165) is 27.3 Å². The molecule has 4 nitrogen and oxygen atoms in total. The summed E-state index contributed by atoms with van der Waals surface area (Å²) < 4.78 is 2.09. The summed E-state index contributed by atoms with van der Waals surface area (Å²) in [4.78, 5) is 20.0. The number of nitrogens with zero attached hydrogens (tertiary/aromatic N) is 3. The van der Waals surface area contributed by atoms with Gasteiger partial charge in [-0.3, -0.25) is 9.69 Å². The summed E-state index contributed by atoms with van der Waals surface area (Å²) in [6.45, 7) is 4.63. The highest BCUT2D eigenvalue weighted by Crippen LogP contribution is 2.35. The number of amidine groups is 1. The standard InChI is InChI=1S/C22H21N3OS/c1-4-25-21(26)20(27-22(25)23-17-11-9-15(2)10-12-17)13-16-14-24(3)19-8-6-5-7-18(16)19/h5-14H,4H2,1-3H3/b20-13+,23-22?. The Morgan fingerprint density at radius 1 is 1.11 bits per heavy atom. The van der Waals surface area contributed by atoms with Crippen molar-refractivity contribution in [2.24, 2.45) is 12.0 Å². The zero-order valence-electron chi connectivity index (χ0n) is 15.6. The lowest BCUT2D eigenvalue weighted by atomic mass is 10.1. The molecule has 1 saturated heterocycles. The average molecular weight is 375 g/mol. The van der Waals surface area contributed by atoms with E-state index in [4.69, 9.17) is 4.99 Å². The predicted octanol–water partition coefficient (Wildman–Crippen LogP) is 5.11. The number of aromatic nitrogens is 1. The number of fused-ring (bicyclic) bond motifs is 1. The minimum Gasteiger partial charge on any atom is -0.350 e. The molecular formula is C22H21N3OS. The minimum absolute atomic E-state index is 0.0151. The van der Waals surface area contributed by atoms with E-state index >= 15 is 0 Å². The molecule has 0 N–H and O–H groups in total. The van der Waals surface area contributed by atoms with Gasteiger partial charge >= 0.3 is 0 Å².